The van der Waals surface area contributed by atoms with Gasteiger partial charge < -0.3 is 24.5 Å². The number of quaternary nitrogens is 1. The number of nitrogens with two attached hydrogens (primary N) is 1. The fourth-order valence-electron chi connectivity index (χ4n) is 3.46. The van der Waals surface area contributed by atoms with Crippen LogP contribution in [0.5, 0.6) is 0 Å². The van der Waals surface area contributed by atoms with Gasteiger partial charge in [0.25, 0.3) is 0 Å². The normalized spacial score (nSPS) is 28.4. The van der Waals surface area contributed by atoms with E-state index in [1.807, 2.05) is 18.2 Å². The van der Waals surface area contributed by atoms with Crippen molar-refractivity contribution in [2.75, 3.05) is 25.1 Å². The third-order valence-electron chi connectivity index (χ3n) is 4.75. The minimum absolute atomic E-state index is 0.0456. The van der Waals surface area contributed by atoms with Crippen molar-refractivity contribution in [3.8, 4) is 11.5 Å². The van der Waals surface area contributed by atoms with Crippen molar-refractivity contribution < 1.29 is 19.2 Å². The zero-order chi connectivity index (χ0) is 17.2. The molecule has 2 saturated heterocycles. The van der Waals surface area contributed by atoms with Crippen molar-refractivity contribution in [1.82, 2.24) is 9.97 Å². The molecule has 7 heteroatoms. The van der Waals surface area contributed by atoms with Gasteiger partial charge in [-0.05, 0) is 18.2 Å². The first-order chi connectivity index (χ1) is 12.2. The molecule has 0 unspecified atom stereocenters. The number of nitrogens with zero attached hydrogens (tertiary/aromatic N) is 2. The highest BCUT2D eigenvalue weighted by Crippen LogP contribution is 2.27. The molecule has 0 aliphatic carbocycles. The second kappa shape index (κ2) is 7.11. The number of hydrogen-bond donors (Lipinski definition) is 2. The Hall–Kier alpha value is -1.96. The molecule has 4 heterocycles. The van der Waals surface area contributed by atoms with E-state index in [9.17, 15) is 0 Å². The smallest absolute Gasteiger partial charge is 0.223 e. The molecular formula is C18H25N4O3+. The van der Waals surface area contributed by atoms with Gasteiger partial charge in [0.1, 0.15) is 30.6 Å². The van der Waals surface area contributed by atoms with E-state index in [0.717, 1.165) is 24.6 Å². The van der Waals surface area contributed by atoms with Crippen molar-refractivity contribution >= 4 is 5.95 Å². The summed E-state index contributed by atoms with van der Waals surface area (Å²) in [6.07, 6.45) is 3.55. The molecule has 4 atom stereocenters. The average Bonchev–Trinajstić information content (AvgIpc) is 3.33. The molecule has 2 aromatic rings. The van der Waals surface area contributed by atoms with E-state index in [2.05, 4.69) is 34.4 Å². The van der Waals surface area contributed by atoms with Crippen LogP contribution in [-0.4, -0.2) is 54.0 Å². The van der Waals surface area contributed by atoms with Crippen LogP contribution in [0, 0.1) is 5.92 Å². The second-order valence-corrected chi connectivity index (χ2v) is 7.12. The summed E-state index contributed by atoms with van der Waals surface area (Å²) < 4.78 is 17.4. The first-order valence-electron chi connectivity index (χ1n) is 8.90. The summed E-state index contributed by atoms with van der Waals surface area (Å²) in [5.41, 5.74) is 0.758. The highest BCUT2D eigenvalue weighted by Gasteiger charge is 2.49. The molecule has 3 N–H and O–H groups in total. The van der Waals surface area contributed by atoms with Gasteiger partial charge in [-0.3, -0.25) is 0 Å². The van der Waals surface area contributed by atoms with Gasteiger partial charge in [0.15, 0.2) is 5.76 Å². The lowest BCUT2D eigenvalue weighted by Crippen LogP contribution is -2.93. The molecule has 134 valence electrons. The van der Waals surface area contributed by atoms with E-state index < -0.39 is 0 Å². The van der Waals surface area contributed by atoms with Crippen LogP contribution in [0.15, 0.2) is 35.1 Å². The molecule has 2 aromatic heterocycles. The lowest BCUT2D eigenvalue weighted by Gasteiger charge is -2.17. The largest absolute Gasteiger partial charge is 0.463 e. The van der Waals surface area contributed by atoms with Crippen molar-refractivity contribution in [3.63, 3.8) is 0 Å². The van der Waals surface area contributed by atoms with E-state index >= 15 is 0 Å². The van der Waals surface area contributed by atoms with E-state index in [1.54, 1.807) is 12.5 Å². The summed E-state index contributed by atoms with van der Waals surface area (Å²) in [4.78, 5) is 8.86. The van der Waals surface area contributed by atoms with E-state index in [1.165, 1.54) is 0 Å². The summed E-state index contributed by atoms with van der Waals surface area (Å²) in [5, 5.41) is 5.73. The number of anilines is 1. The molecular weight excluding hydrogens is 320 g/mol. The number of ether oxygens (including phenoxy) is 2. The first kappa shape index (κ1) is 16.5. The van der Waals surface area contributed by atoms with Crippen LogP contribution in [0.1, 0.15) is 13.8 Å². The molecule has 0 amide bonds. The lowest BCUT2D eigenvalue weighted by molar-refractivity contribution is -0.697. The Kier molecular flexibility index (Phi) is 4.70. The summed E-state index contributed by atoms with van der Waals surface area (Å²) in [6, 6.07) is 6.00. The number of fused-ring (bicyclic) bond motifs is 1. The predicted octanol–water partition coefficient (Wildman–Crippen LogP) is 0.903. The highest BCUT2D eigenvalue weighted by molar-refractivity contribution is 5.53. The van der Waals surface area contributed by atoms with Crippen LogP contribution < -0.4 is 10.6 Å². The maximum Gasteiger partial charge on any atom is 0.223 e. The Labute approximate surface area is 147 Å². The van der Waals surface area contributed by atoms with Crippen molar-refractivity contribution in [3.05, 3.63) is 30.7 Å². The van der Waals surface area contributed by atoms with Crippen LogP contribution in [0.25, 0.3) is 11.5 Å². The van der Waals surface area contributed by atoms with Crippen LogP contribution in [0.3, 0.4) is 0 Å². The number of nitrogens with one attached hydrogen (secondary N) is 1. The maximum absolute atomic E-state index is 6.02. The quantitative estimate of drug-likeness (QED) is 0.809. The highest BCUT2D eigenvalue weighted by atomic mass is 16.6. The zero-order valence-electron chi connectivity index (χ0n) is 14.6. The minimum Gasteiger partial charge on any atom is -0.463 e. The Morgan fingerprint density at radius 3 is 2.92 bits per heavy atom. The molecule has 0 aromatic carbocycles. The Morgan fingerprint density at radius 2 is 2.12 bits per heavy atom. The summed E-state index contributed by atoms with van der Waals surface area (Å²) in [5.74, 6) is 1.96. The molecule has 0 radical (unpaired) electrons. The SMILES string of the molecule is CC(C)C[NH2+][C@H]1CO[C@H]2[C@@H]1OC[C@@H]2Nc1nccc(-c2ccco2)n1. The van der Waals surface area contributed by atoms with Gasteiger partial charge in [-0.1, -0.05) is 13.8 Å². The molecule has 0 spiro atoms. The van der Waals surface area contributed by atoms with Gasteiger partial charge in [0, 0.05) is 12.1 Å². The van der Waals surface area contributed by atoms with Crippen molar-refractivity contribution in [1.29, 1.82) is 0 Å². The van der Waals surface area contributed by atoms with Crippen molar-refractivity contribution in [2.45, 2.75) is 38.1 Å². The van der Waals surface area contributed by atoms with Gasteiger partial charge in [0.2, 0.25) is 5.95 Å². The maximum atomic E-state index is 6.02. The van der Waals surface area contributed by atoms with E-state index in [4.69, 9.17) is 13.9 Å². The summed E-state index contributed by atoms with van der Waals surface area (Å²) in [6.45, 7) is 6.89. The van der Waals surface area contributed by atoms with E-state index in [-0.39, 0.29) is 18.2 Å². The predicted molar refractivity (Wildman–Crippen MR) is 92.0 cm³/mol. The molecule has 2 aliphatic heterocycles. The molecule has 7 nitrogen and oxygen atoms in total. The van der Waals surface area contributed by atoms with Crippen molar-refractivity contribution in [2.24, 2.45) is 5.92 Å². The molecule has 2 aliphatic rings. The number of rotatable bonds is 6. The van der Waals surface area contributed by atoms with Gasteiger partial charge in [-0.2, -0.15) is 0 Å². The van der Waals surface area contributed by atoms with Crippen LogP contribution in [0.4, 0.5) is 5.95 Å². The van der Waals surface area contributed by atoms with Gasteiger partial charge >= 0.3 is 0 Å². The number of aromatic nitrogens is 2. The fourth-order valence-corrected chi connectivity index (χ4v) is 3.46. The first-order valence-corrected chi connectivity index (χ1v) is 8.90. The molecule has 0 saturated carbocycles. The molecule has 4 rings (SSSR count). The topological polar surface area (TPSA) is 86.0 Å². The third kappa shape index (κ3) is 3.53. The average molecular weight is 345 g/mol. The lowest BCUT2D eigenvalue weighted by atomic mass is 10.1. The summed E-state index contributed by atoms with van der Waals surface area (Å²) in [7, 11) is 0. The van der Waals surface area contributed by atoms with E-state index in [0.29, 0.717) is 24.5 Å². The summed E-state index contributed by atoms with van der Waals surface area (Å²) >= 11 is 0. The Morgan fingerprint density at radius 1 is 1.24 bits per heavy atom. The third-order valence-corrected chi connectivity index (χ3v) is 4.75. The standard InChI is InChI=1S/C18H24N4O3/c1-11(2)8-20-13-9-24-17-14(10-25-16(13)17)22-18-19-6-5-12(21-18)15-4-3-7-23-15/h3-7,11,13-14,16-17,20H,8-10H2,1-2H3,(H,19,21,22)/p+1/t13-,14-,16+,17+/m0/s1. The Balaban J connectivity index is 1.40. The molecule has 0 bridgehead atoms. The number of furan rings is 1. The number of hydrogen-bond acceptors (Lipinski definition) is 6. The minimum atomic E-state index is 0.0456. The van der Waals surface area contributed by atoms with Gasteiger partial charge in [-0.25, -0.2) is 9.97 Å². The van der Waals surface area contributed by atoms with Crippen LogP contribution >= 0.6 is 0 Å². The second-order valence-electron chi connectivity index (χ2n) is 7.12. The Bertz CT molecular complexity index is 691. The van der Waals surface area contributed by atoms with Gasteiger partial charge in [0.05, 0.1) is 25.5 Å². The fraction of sp³-hybridized carbons (Fsp3) is 0.556. The van der Waals surface area contributed by atoms with Gasteiger partial charge in [-0.15, -0.1) is 0 Å². The molecule has 2 fully saturated rings. The van der Waals surface area contributed by atoms with Crippen LogP contribution in [0.2, 0.25) is 0 Å². The zero-order valence-corrected chi connectivity index (χ0v) is 14.6. The molecule has 25 heavy (non-hydrogen) atoms. The van der Waals surface area contributed by atoms with Crippen LogP contribution in [-0.2, 0) is 9.47 Å². The monoisotopic (exact) mass is 345 g/mol.